The Labute approximate surface area is 227 Å². The molecular formula is C32H45N4O2+. The van der Waals surface area contributed by atoms with Gasteiger partial charge >= 0.3 is 0 Å². The summed E-state index contributed by atoms with van der Waals surface area (Å²) in [5.74, 6) is -0.541. The van der Waals surface area contributed by atoms with Gasteiger partial charge in [-0.1, -0.05) is 19.9 Å². The van der Waals surface area contributed by atoms with Crippen LogP contribution in [0.3, 0.4) is 0 Å². The number of anilines is 3. The molecule has 1 fully saturated rings. The molecule has 0 bridgehead atoms. The Morgan fingerprint density at radius 2 is 1.50 bits per heavy atom. The zero-order chi connectivity index (χ0) is 28.2. The van der Waals surface area contributed by atoms with Gasteiger partial charge in [-0.05, 0) is 51.0 Å². The lowest BCUT2D eigenvalue weighted by atomic mass is 9.68. The van der Waals surface area contributed by atoms with E-state index in [-0.39, 0.29) is 16.6 Å². The summed E-state index contributed by atoms with van der Waals surface area (Å²) in [7, 11) is 12.3. The van der Waals surface area contributed by atoms with E-state index in [1.165, 1.54) is 22.2 Å². The monoisotopic (exact) mass is 517 g/mol. The van der Waals surface area contributed by atoms with Crippen LogP contribution in [0.15, 0.2) is 24.3 Å². The summed E-state index contributed by atoms with van der Waals surface area (Å²) in [6.45, 7) is 13.6. The zero-order valence-corrected chi connectivity index (χ0v) is 25.3. The van der Waals surface area contributed by atoms with Crippen LogP contribution in [-0.4, -0.2) is 71.4 Å². The maximum absolute atomic E-state index is 14.0. The van der Waals surface area contributed by atoms with E-state index in [0.717, 1.165) is 22.2 Å². The highest BCUT2D eigenvalue weighted by Crippen LogP contribution is 2.50. The molecule has 2 aromatic rings. The minimum atomic E-state index is -0.852. The van der Waals surface area contributed by atoms with Gasteiger partial charge in [0.25, 0.3) is 0 Å². The number of carbonyl (C=O) groups is 1. The molecule has 0 saturated heterocycles. The minimum Gasteiger partial charge on any atom is -0.387 e. The highest BCUT2D eigenvalue weighted by Gasteiger charge is 2.50. The second-order valence-corrected chi connectivity index (χ2v) is 13.3. The molecule has 4 unspecified atom stereocenters. The predicted molar refractivity (Wildman–Crippen MR) is 158 cm³/mol. The van der Waals surface area contributed by atoms with Gasteiger partial charge < -0.3 is 19.8 Å². The second kappa shape index (κ2) is 8.32. The summed E-state index contributed by atoms with van der Waals surface area (Å²) in [6, 6.07) is 9.44. The Morgan fingerprint density at radius 1 is 0.895 bits per heavy atom. The number of ketones is 1. The summed E-state index contributed by atoms with van der Waals surface area (Å²) in [4.78, 5) is 20.5. The molecule has 0 amide bonds. The first-order valence-corrected chi connectivity index (χ1v) is 13.8. The van der Waals surface area contributed by atoms with E-state index < -0.39 is 12.0 Å². The molecule has 0 radical (unpaired) electrons. The Balaban J connectivity index is 1.70. The summed E-state index contributed by atoms with van der Waals surface area (Å²) in [5, 5.41) is 13.8. The summed E-state index contributed by atoms with van der Waals surface area (Å²) >= 11 is 0. The summed E-state index contributed by atoms with van der Waals surface area (Å²) in [6.07, 6.45) is -0.852. The molecule has 1 saturated carbocycles. The van der Waals surface area contributed by atoms with Gasteiger partial charge in [-0.2, -0.15) is 0 Å². The molecule has 6 nitrogen and oxygen atoms in total. The largest absolute Gasteiger partial charge is 0.387 e. The molecule has 2 aromatic carbocycles. The van der Waals surface area contributed by atoms with Crippen molar-refractivity contribution in [1.29, 1.82) is 0 Å². The number of likely N-dealkylation sites (N-methyl/N-ethyl adjacent to an activating group) is 2. The minimum absolute atomic E-state index is 0.0259. The van der Waals surface area contributed by atoms with E-state index in [2.05, 4.69) is 99.2 Å². The van der Waals surface area contributed by atoms with Crippen molar-refractivity contribution in [3.63, 3.8) is 0 Å². The number of aliphatic hydroxyl groups excluding tert-OH is 1. The van der Waals surface area contributed by atoms with Crippen molar-refractivity contribution in [3.05, 3.63) is 51.5 Å². The molecule has 6 heteroatoms. The molecular weight excluding hydrogens is 472 g/mol. The van der Waals surface area contributed by atoms with Crippen LogP contribution in [0.5, 0.6) is 0 Å². The fourth-order valence-electron chi connectivity index (χ4n) is 6.98. The highest BCUT2D eigenvalue weighted by atomic mass is 16.3. The van der Waals surface area contributed by atoms with Crippen molar-refractivity contribution in [3.8, 4) is 0 Å². The lowest BCUT2D eigenvalue weighted by Crippen LogP contribution is -2.47. The first kappa shape index (κ1) is 26.7. The van der Waals surface area contributed by atoms with Gasteiger partial charge in [0, 0.05) is 80.5 Å². The lowest BCUT2D eigenvalue weighted by Gasteiger charge is -2.38. The lowest BCUT2D eigenvalue weighted by molar-refractivity contribution is -0.122. The molecule has 38 heavy (non-hydrogen) atoms. The van der Waals surface area contributed by atoms with Crippen LogP contribution in [0.25, 0.3) is 5.57 Å². The Bertz CT molecular complexity index is 1480. The number of Topliss-reactive ketones (excluding diaryl/α,β-unsaturated/α-hetero) is 1. The van der Waals surface area contributed by atoms with Gasteiger partial charge in [0.15, 0.2) is 11.8 Å². The van der Waals surface area contributed by atoms with Gasteiger partial charge in [0.2, 0.25) is 5.36 Å². The van der Waals surface area contributed by atoms with Crippen LogP contribution in [-0.2, 0) is 15.6 Å². The topological polar surface area (TPSA) is 50.0 Å². The van der Waals surface area contributed by atoms with Crippen molar-refractivity contribution in [2.24, 2.45) is 0 Å². The summed E-state index contributed by atoms with van der Waals surface area (Å²) < 4.78 is 2.33. The van der Waals surface area contributed by atoms with Gasteiger partial charge in [-0.25, -0.2) is 4.58 Å². The molecule has 2 heterocycles. The SMILES string of the molecule is CC1N(C)c2cc(N(C)C)c(C3C(=O)C(=c4cc5c(cc4N(C)C)=[N+](C)C(C)C5(C)C)C3O)cc2C1(C)C. The van der Waals surface area contributed by atoms with Crippen molar-refractivity contribution in [1.82, 2.24) is 4.58 Å². The molecule has 204 valence electrons. The van der Waals surface area contributed by atoms with Gasteiger partial charge in [-0.3, -0.25) is 4.79 Å². The maximum Gasteiger partial charge on any atom is 0.206 e. The number of carbonyl (C=O) groups excluding carboxylic acids is 1. The van der Waals surface area contributed by atoms with Crippen molar-refractivity contribution >= 4 is 28.4 Å². The highest BCUT2D eigenvalue weighted by molar-refractivity contribution is 6.28. The first-order valence-electron chi connectivity index (χ1n) is 13.8. The third-order valence-corrected chi connectivity index (χ3v) is 10.4. The Kier molecular flexibility index (Phi) is 5.85. The number of hydrogen-bond donors (Lipinski definition) is 1. The van der Waals surface area contributed by atoms with E-state index in [4.69, 9.17) is 0 Å². The Hall–Kier alpha value is -2.86. The molecule has 0 aromatic heterocycles. The molecule has 4 atom stereocenters. The van der Waals surface area contributed by atoms with Crippen LogP contribution >= 0.6 is 0 Å². The van der Waals surface area contributed by atoms with E-state index in [0.29, 0.717) is 17.7 Å². The Morgan fingerprint density at radius 3 is 2.05 bits per heavy atom. The smallest absolute Gasteiger partial charge is 0.206 e. The fourth-order valence-corrected chi connectivity index (χ4v) is 6.98. The van der Waals surface area contributed by atoms with Gasteiger partial charge in [-0.15, -0.1) is 0 Å². The van der Waals surface area contributed by atoms with Crippen molar-refractivity contribution < 1.29 is 9.90 Å². The van der Waals surface area contributed by atoms with E-state index in [9.17, 15) is 9.90 Å². The average molecular weight is 518 g/mol. The van der Waals surface area contributed by atoms with E-state index in [1.807, 2.05) is 28.2 Å². The van der Waals surface area contributed by atoms with Crippen LogP contribution in [0.1, 0.15) is 64.2 Å². The standard InChI is InChI=1S/C32H45N4O2/c1-17-31(3,4)21-13-19(23(33(7)8)15-25(21)35(17)11)27-29(37)28(30(27)38)20-14-22-26(16-24(20)34(9)10)36(12)18(2)32(22,5)6/h13-18,27,29,37H,1-12H3/q+1. The van der Waals surface area contributed by atoms with Gasteiger partial charge in [0.1, 0.15) is 7.05 Å². The van der Waals surface area contributed by atoms with Crippen molar-refractivity contribution in [2.45, 2.75) is 76.5 Å². The number of rotatable bonds is 3. The molecule has 0 spiro atoms. The quantitative estimate of drug-likeness (QED) is 0.635. The third-order valence-electron chi connectivity index (χ3n) is 10.4. The molecule has 3 aliphatic rings. The molecule has 5 rings (SSSR count). The summed E-state index contributed by atoms with van der Waals surface area (Å²) in [5.41, 5.74) is 6.99. The second-order valence-electron chi connectivity index (χ2n) is 13.3. The average Bonchev–Trinajstić information content (AvgIpc) is 3.12. The predicted octanol–water partition coefficient (Wildman–Crippen LogP) is 2.61. The number of aliphatic hydroxyl groups is 1. The first-order chi connectivity index (χ1) is 17.5. The zero-order valence-electron chi connectivity index (χ0n) is 25.3. The van der Waals surface area contributed by atoms with E-state index in [1.54, 1.807) is 0 Å². The molecule has 1 N–H and O–H groups in total. The third kappa shape index (κ3) is 3.35. The number of benzene rings is 2. The normalized spacial score (nSPS) is 28.3. The van der Waals surface area contributed by atoms with Crippen LogP contribution in [0.2, 0.25) is 0 Å². The van der Waals surface area contributed by atoms with Gasteiger partial charge in [0.05, 0.1) is 23.1 Å². The van der Waals surface area contributed by atoms with Crippen molar-refractivity contribution in [2.75, 3.05) is 57.0 Å². The fraction of sp³-hybridized carbons (Fsp3) is 0.562. The maximum atomic E-state index is 14.0. The van der Waals surface area contributed by atoms with Crippen LogP contribution < -0.4 is 29.9 Å². The van der Waals surface area contributed by atoms with E-state index >= 15 is 0 Å². The number of fused-ring (bicyclic) bond motifs is 2. The number of hydrogen-bond acceptors (Lipinski definition) is 5. The van der Waals surface area contributed by atoms with Crippen LogP contribution in [0.4, 0.5) is 17.1 Å². The number of nitrogens with zero attached hydrogens (tertiary/aromatic N) is 4. The molecule has 2 aliphatic heterocycles. The molecule has 1 aliphatic carbocycles. The van der Waals surface area contributed by atoms with Crippen LogP contribution in [0, 0.1) is 0 Å².